The predicted molar refractivity (Wildman–Crippen MR) is 139 cm³/mol. The predicted octanol–water partition coefficient (Wildman–Crippen LogP) is 3.38. The van der Waals surface area contributed by atoms with Crippen molar-refractivity contribution in [2.24, 2.45) is 4.99 Å². The third kappa shape index (κ3) is 6.27. The number of halogens is 1. The highest BCUT2D eigenvalue weighted by Crippen LogP contribution is 2.36. The molecule has 1 amide bonds. The lowest BCUT2D eigenvalue weighted by Gasteiger charge is -2.40. The second kappa shape index (κ2) is 10.9. The highest BCUT2D eigenvalue weighted by atomic mass is 127. The average Bonchev–Trinajstić information content (AvgIpc) is 3.27. The van der Waals surface area contributed by atoms with Crippen LogP contribution in [0.15, 0.2) is 29.4 Å². The van der Waals surface area contributed by atoms with E-state index < -0.39 is 5.60 Å². The number of nitrogens with one attached hydrogen (secondary N) is 2. The first-order chi connectivity index (χ1) is 15.3. The summed E-state index contributed by atoms with van der Waals surface area (Å²) in [6, 6.07) is 6.70. The maximum Gasteiger partial charge on any atom is 0.410 e. The molecule has 0 radical (unpaired) electrons. The topological polar surface area (TPSA) is 96.1 Å². The first-order valence-electron chi connectivity index (χ1n) is 11.6. The van der Waals surface area contributed by atoms with Gasteiger partial charge in [-0.3, -0.25) is 9.39 Å². The number of aryl methyl sites for hydroxylation is 1. The fourth-order valence-corrected chi connectivity index (χ4v) is 4.81. The summed E-state index contributed by atoms with van der Waals surface area (Å²) >= 11 is 0. The summed E-state index contributed by atoms with van der Waals surface area (Å²) < 4.78 is 7.67. The van der Waals surface area contributed by atoms with Gasteiger partial charge in [-0.2, -0.15) is 0 Å². The van der Waals surface area contributed by atoms with Gasteiger partial charge in [-0.05, 0) is 65.0 Å². The fraction of sp³-hybridized carbons (Fsp3) is 0.652. The molecule has 33 heavy (non-hydrogen) atoms. The Morgan fingerprint density at radius 3 is 2.61 bits per heavy atom. The second-order valence-electron chi connectivity index (χ2n) is 9.73. The molecule has 2 bridgehead atoms. The number of hydrogen-bond donors (Lipinski definition) is 2. The third-order valence-corrected chi connectivity index (χ3v) is 6.16. The number of fused-ring (bicyclic) bond motifs is 3. The van der Waals surface area contributed by atoms with E-state index >= 15 is 0 Å². The lowest BCUT2D eigenvalue weighted by molar-refractivity contribution is 0.00545. The molecular weight excluding hydrogens is 533 g/mol. The molecule has 0 aliphatic carbocycles. The highest BCUT2D eigenvalue weighted by Gasteiger charge is 2.45. The van der Waals surface area contributed by atoms with Crippen LogP contribution in [-0.4, -0.2) is 68.9 Å². The molecule has 4 rings (SSSR count). The Kier molecular flexibility index (Phi) is 8.41. The Balaban J connectivity index is 0.00000306. The number of guanidine groups is 1. The largest absolute Gasteiger partial charge is 0.444 e. The molecule has 2 aromatic heterocycles. The van der Waals surface area contributed by atoms with E-state index in [0.717, 1.165) is 62.5 Å². The lowest BCUT2D eigenvalue weighted by Crippen LogP contribution is -2.55. The highest BCUT2D eigenvalue weighted by molar-refractivity contribution is 14.0. The van der Waals surface area contributed by atoms with Crippen LogP contribution in [0.5, 0.6) is 0 Å². The van der Waals surface area contributed by atoms with Gasteiger partial charge in [-0.25, -0.2) is 4.79 Å². The molecule has 0 aromatic carbocycles. The number of carbonyl (C=O) groups excluding carboxylic acids is 1. The standard InChI is InChI=1S/C23H35N7O2.HI/c1-23(2,3)32-22(31)30-17-10-11-18(30)15-16(14-17)26-21(24-4)25-12-7-9-20-28-27-19-8-5-6-13-29(19)20;/h5-6,8,13,16-18H,7,9-12,14-15H2,1-4H3,(H2,24,25,26);1H. The van der Waals surface area contributed by atoms with Gasteiger partial charge in [0.15, 0.2) is 11.6 Å². The van der Waals surface area contributed by atoms with Gasteiger partial charge in [0.05, 0.1) is 0 Å². The zero-order chi connectivity index (χ0) is 22.7. The molecule has 2 aromatic rings. The van der Waals surface area contributed by atoms with Crippen LogP contribution in [-0.2, 0) is 11.2 Å². The van der Waals surface area contributed by atoms with Crippen molar-refractivity contribution in [2.45, 2.75) is 83.0 Å². The maximum absolute atomic E-state index is 12.6. The van der Waals surface area contributed by atoms with E-state index in [0.29, 0.717) is 6.04 Å². The Morgan fingerprint density at radius 2 is 1.94 bits per heavy atom. The number of rotatable bonds is 5. The molecule has 10 heteroatoms. The van der Waals surface area contributed by atoms with Crippen molar-refractivity contribution in [1.82, 2.24) is 30.1 Å². The van der Waals surface area contributed by atoms with E-state index in [1.807, 2.05) is 54.5 Å². The van der Waals surface area contributed by atoms with Crippen LogP contribution in [0.2, 0.25) is 0 Å². The molecule has 2 unspecified atom stereocenters. The van der Waals surface area contributed by atoms with Gasteiger partial charge in [0.25, 0.3) is 0 Å². The van der Waals surface area contributed by atoms with Crippen molar-refractivity contribution in [3.63, 3.8) is 0 Å². The quantitative estimate of drug-likeness (QED) is 0.248. The summed E-state index contributed by atoms with van der Waals surface area (Å²) in [5.74, 6) is 1.78. The summed E-state index contributed by atoms with van der Waals surface area (Å²) in [6.45, 7) is 6.55. The number of aromatic nitrogens is 3. The van der Waals surface area contributed by atoms with E-state index in [1.165, 1.54) is 0 Å². The minimum atomic E-state index is -0.462. The van der Waals surface area contributed by atoms with Crippen LogP contribution >= 0.6 is 24.0 Å². The van der Waals surface area contributed by atoms with Crippen molar-refractivity contribution in [3.8, 4) is 0 Å². The van der Waals surface area contributed by atoms with Crippen LogP contribution in [0.4, 0.5) is 4.79 Å². The summed E-state index contributed by atoms with van der Waals surface area (Å²) in [4.78, 5) is 19.0. The van der Waals surface area contributed by atoms with Gasteiger partial charge < -0.3 is 20.3 Å². The van der Waals surface area contributed by atoms with E-state index in [4.69, 9.17) is 4.74 Å². The second-order valence-corrected chi connectivity index (χ2v) is 9.73. The number of ether oxygens (including phenoxy) is 1. The Labute approximate surface area is 212 Å². The molecule has 182 valence electrons. The molecule has 2 aliphatic rings. The van der Waals surface area contributed by atoms with Gasteiger partial charge in [0.1, 0.15) is 11.4 Å². The van der Waals surface area contributed by atoms with Gasteiger partial charge in [-0.15, -0.1) is 34.2 Å². The maximum atomic E-state index is 12.6. The third-order valence-electron chi connectivity index (χ3n) is 6.16. The first kappa shape index (κ1) is 25.5. The van der Waals surface area contributed by atoms with Gasteiger partial charge in [-0.1, -0.05) is 6.07 Å². The number of piperidine rings is 1. The molecule has 2 atom stereocenters. The van der Waals surface area contributed by atoms with Crippen LogP contribution in [0.25, 0.3) is 5.65 Å². The van der Waals surface area contributed by atoms with Crippen LogP contribution < -0.4 is 10.6 Å². The zero-order valence-electron chi connectivity index (χ0n) is 20.0. The van der Waals surface area contributed by atoms with Gasteiger partial charge in [0.2, 0.25) is 0 Å². The molecule has 9 nitrogen and oxygen atoms in total. The van der Waals surface area contributed by atoms with E-state index in [-0.39, 0.29) is 42.2 Å². The number of pyridine rings is 1. The zero-order valence-corrected chi connectivity index (χ0v) is 22.3. The number of nitrogens with zero attached hydrogens (tertiary/aromatic N) is 5. The lowest BCUT2D eigenvalue weighted by atomic mass is 9.98. The molecular formula is C23H36IN7O2. The Bertz CT molecular complexity index is 957. The van der Waals surface area contributed by atoms with Gasteiger partial charge in [0, 0.05) is 44.3 Å². The number of carbonyl (C=O) groups is 1. The van der Waals surface area contributed by atoms with Crippen LogP contribution in [0.1, 0.15) is 58.7 Å². The number of aliphatic imine (C=N–C) groups is 1. The van der Waals surface area contributed by atoms with E-state index in [9.17, 15) is 4.79 Å². The summed E-state index contributed by atoms with van der Waals surface area (Å²) in [5.41, 5.74) is 0.413. The van der Waals surface area contributed by atoms with E-state index in [2.05, 4.69) is 25.8 Å². The van der Waals surface area contributed by atoms with E-state index in [1.54, 1.807) is 7.05 Å². The summed E-state index contributed by atoms with van der Waals surface area (Å²) in [6.07, 6.45) is 7.51. The molecule has 0 spiro atoms. The van der Waals surface area contributed by atoms with Crippen LogP contribution in [0.3, 0.4) is 0 Å². The number of amides is 1. The van der Waals surface area contributed by atoms with Crippen molar-refractivity contribution < 1.29 is 9.53 Å². The minimum absolute atomic E-state index is 0. The molecule has 4 heterocycles. The van der Waals surface area contributed by atoms with Crippen molar-refractivity contribution in [3.05, 3.63) is 30.2 Å². The monoisotopic (exact) mass is 569 g/mol. The van der Waals surface area contributed by atoms with Crippen molar-refractivity contribution in [1.29, 1.82) is 0 Å². The Hall–Kier alpha value is -2.11. The number of hydrogen-bond acceptors (Lipinski definition) is 5. The van der Waals surface area contributed by atoms with Crippen molar-refractivity contribution >= 4 is 41.7 Å². The summed E-state index contributed by atoms with van der Waals surface area (Å²) in [5, 5.41) is 15.5. The molecule has 0 saturated carbocycles. The van der Waals surface area contributed by atoms with Gasteiger partial charge >= 0.3 is 6.09 Å². The molecule has 2 N–H and O–H groups in total. The fourth-order valence-electron chi connectivity index (χ4n) is 4.81. The normalized spacial score (nSPS) is 22.7. The molecule has 2 fully saturated rings. The Morgan fingerprint density at radius 1 is 1.21 bits per heavy atom. The van der Waals surface area contributed by atoms with Crippen LogP contribution in [0, 0.1) is 0 Å². The molecule has 2 saturated heterocycles. The first-order valence-corrected chi connectivity index (χ1v) is 11.6. The molecule has 2 aliphatic heterocycles. The average molecular weight is 569 g/mol. The summed E-state index contributed by atoms with van der Waals surface area (Å²) in [7, 11) is 1.80. The SMILES string of the molecule is CN=C(NCCCc1nnc2ccccn12)NC1CC2CCC(C1)N2C(=O)OC(C)(C)C.I. The van der Waals surface area contributed by atoms with Crippen molar-refractivity contribution in [2.75, 3.05) is 13.6 Å². The smallest absolute Gasteiger partial charge is 0.410 e. The minimum Gasteiger partial charge on any atom is -0.444 e.